The van der Waals surface area contributed by atoms with E-state index in [0.717, 1.165) is 0 Å². The summed E-state index contributed by atoms with van der Waals surface area (Å²) in [5, 5.41) is 0. The Morgan fingerprint density at radius 3 is 2.89 bits per heavy atom. The largest absolute Gasteiger partial charge is 0.380 e. The average Bonchev–Trinajstić information content (AvgIpc) is 2.95. The van der Waals surface area contributed by atoms with Crippen molar-refractivity contribution in [3.05, 3.63) is 35.4 Å². The summed E-state index contributed by atoms with van der Waals surface area (Å²) in [5.41, 5.74) is 8.61. The zero-order valence-corrected chi connectivity index (χ0v) is 12.7. The first-order chi connectivity index (χ1) is 9.27. The molecule has 0 radical (unpaired) electrons. The lowest BCUT2D eigenvalue weighted by molar-refractivity contribution is 0.172. The van der Waals surface area contributed by atoms with E-state index in [-0.39, 0.29) is 6.04 Å². The summed E-state index contributed by atoms with van der Waals surface area (Å²) >= 11 is 2.04. The highest BCUT2D eigenvalue weighted by atomic mass is 32.2. The number of nitrogens with two attached hydrogens (primary N) is 1. The summed E-state index contributed by atoms with van der Waals surface area (Å²) in [4.78, 5) is 2.45. The molecule has 1 saturated heterocycles. The molecule has 0 aliphatic carbocycles. The monoisotopic (exact) mass is 280 g/mol. The molecule has 106 valence electrons. The van der Waals surface area contributed by atoms with Gasteiger partial charge < -0.3 is 10.5 Å². The highest BCUT2D eigenvalue weighted by Crippen LogP contribution is 2.30. The van der Waals surface area contributed by atoms with Crippen molar-refractivity contribution in [3.8, 4) is 0 Å². The van der Waals surface area contributed by atoms with Crippen LogP contribution in [0.4, 0.5) is 0 Å². The van der Waals surface area contributed by atoms with Gasteiger partial charge in [-0.25, -0.2) is 0 Å². The Morgan fingerprint density at radius 1 is 1.47 bits per heavy atom. The Kier molecular flexibility index (Phi) is 5.70. The van der Waals surface area contributed by atoms with E-state index in [4.69, 9.17) is 10.5 Å². The predicted octanol–water partition coefficient (Wildman–Crippen LogP) is 2.27. The molecule has 0 saturated carbocycles. The molecule has 4 heteroatoms. The number of rotatable bonds is 6. The maximum absolute atomic E-state index is 6.05. The molecular weight excluding hydrogens is 256 g/mol. The first-order valence-corrected chi connectivity index (χ1v) is 8.00. The summed E-state index contributed by atoms with van der Waals surface area (Å²) in [6.45, 7) is 1.30. The fourth-order valence-corrected chi connectivity index (χ4v) is 4.04. The normalized spacial score (nSPS) is 20.9. The first kappa shape index (κ1) is 14.9. The van der Waals surface area contributed by atoms with Crippen LogP contribution in [0.5, 0.6) is 0 Å². The Balaban J connectivity index is 2.20. The second-order valence-corrected chi connectivity index (χ2v) is 6.22. The van der Waals surface area contributed by atoms with Crippen molar-refractivity contribution in [2.45, 2.75) is 25.1 Å². The summed E-state index contributed by atoms with van der Waals surface area (Å²) in [5.74, 6) is 2.49. The Morgan fingerprint density at radius 2 is 2.26 bits per heavy atom. The van der Waals surface area contributed by atoms with Gasteiger partial charge in [0.05, 0.1) is 6.61 Å². The summed E-state index contributed by atoms with van der Waals surface area (Å²) in [7, 11) is 3.95. The highest BCUT2D eigenvalue weighted by Gasteiger charge is 2.27. The molecule has 0 spiro atoms. The number of benzene rings is 1. The van der Waals surface area contributed by atoms with Crippen LogP contribution in [0.2, 0.25) is 0 Å². The van der Waals surface area contributed by atoms with Gasteiger partial charge in [-0.2, -0.15) is 11.8 Å². The molecule has 1 aromatic rings. The third kappa shape index (κ3) is 3.51. The maximum Gasteiger partial charge on any atom is 0.0716 e. The Hall–Kier alpha value is -0.550. The van der Waals surface area contributed by atoms with Gasteiger partial charge in [-0.05, 0) is 30.3 Å². The van der Waals surface area contributed by atoms with Gasteiger partial charge in [0, 0.05) is 31.5 Å². The second-order valence-electron chi connectivity index (χ2n) is 5.07. The fraction of sp³-hybridized carbons (Fsp3) is 0.600. The molecular formula is C15H24N2OS. The fourth-order valence-electron chi connectivity index (χ4n) is 2.76. The SMILES string of the molecule is COCc1ccccc1C(CN)N(C)C1CCSC1. The predicted molar refractivity (Wildman–Crippen MR) is 82.4 cm³/mol. The van der Waals surface area contributed by atoms with E-state index in [1.807, 2.05) is 11.8 Å². The third-order valence-electron chi connectivity index (χ3n) is 3.91. The van der Waals surface area contributed by atoms with Gasteiger partial charge in [0.25, 0.3) is 0 Å². The molecule has 1 aliphatic rings. The van der Waals surface area contributed by atoms with E-state index in [0.29, 0.717) is 19.2 Å². The molecule has 2 atom stereocenters. The molecule has 0 aromatic heterocycles. The van der Waals surface area contributed by atoms with Crippen molar-refractivity contribution in [1.82, 2.24) is 4.90 Å². The number of methoxy groups -OCH3 is 1. The van der Waals surface area contributed by atoms with Gasteiger partial charge in [-0.15, -0.1) is 0 Å². The molecule has 2 rings (SSSR count). The van der Waals surface area contributed by atoms with Crippen LogP contribution in [0.3, 0.4) is 0 Å². The third-order valence-corrected chi connectivity index (χ3v) is 5.06. The minimum Gasteiger partial charge on any atom is -0.380 e. The minimum absolute atomic E-state index is 0.287. The van der Waals surface area contributed by atoms with Crippen molar-refractivity contribution >= 4 is 11.8 Å². The summed E-state index contributed by atoms with van der Waals surface area (Å²) in [6.07, 6.45) is 1.27. The number of thioether (sulfide) groups is 1. The lowest BCUT2D eigenvalue weighted by Gasteiger charge is -2.33. The molecule has 19 heavy (non-hydrogen) atoms. The van der Waals surface area contributed by atoms with E-state index < -0.39 is 0 Å². The topological polar surface area (TPSA) is 38.5 Å². The van der Waals surface area contributed by atoms with Crippen LogP contribution in [0, 0.1) is 0 Å². The van der Waals surface area contributed by atoms with Gasteiger partial charge in [0.2, 0.25) is 0 Å². The average molecular weight is 280 g/mol. The molecule has 2 unspecified atom stereocenters. The van der Waals surface area contributed by atoms with Gasteiger partial charge >= 0.3 is 0 Å². The Labute approximate surface area is 120 Å². The molecule has 2 N–H and O–H groups in total. The summed E-state index contributed by atoms with van der Waals surface area (Å²) < 4.78 is 5.30. The second kappa shape index (κ2) is 7.29. The Bertz CT molecular complexity index is 393. The van der Waals surface area contributed by atoms with Crippen LogP contribution in [0.15, 0.2) is 24.3 Å². The van der Waals surface area contributed by atoms with Crippen LogP contribution in [0.1, 0.15) is 23.6 Å². The van der Waals surface area contributed by atoms with Crippen LogP contribution in [-0.2, 0) is 11.3 Å². The first-order valence-electron chi connectivity index (χ1n) is 6.84. The lowest BCUT2D eigenvalue weighted by atomic mass is 9.98. The number of likely N-dealkylation sites (N-methyl/N-ethyl adjacent to an activating group) is 1. The van der Waals surface area contributed by atoms with Gasteiger partial charge in [0.15, 0.2) is 0 Å². The quantitative estimate of drug-likeness (QED) is 0.867. The van der Waals surface area contributed by atoms with Crippen LogP contribution >= 0.6 is 11.8 Å². The zero-order valence-electron chi connectivity index (χ0n) is 11.8. The van der Waals surface area contributed by atoms with Crippen molar-refractivity contribution < 1.29 is 4.74 Å². The van der Waals surface area contributed by atoms with E-state index >= 15 is 0 Å². The van der Waals surface area contributed by atoms with Gasteiger partial charge in [-0.3, -0.25) is 4.90 Å². The minimum atomic E-state index is 0.287. The molecule has 1 heterocycles. The number of hydrogen-bond acceptors (Lipinski definition) is 4. The number of ether oxygens (including phenoxy) is 1. The maximum atomic E-state index is 6.05. The zero-order chi connectivity index (χ0) is 13.7. The highest BCUT2D eigenvalue weighted by molar-refractivity contribution is 7.99. The van der Waals surface area contributed by atoms with E-state index in [9.17, 15) is 0 Å². The van der Waals surface area contributed by atoms with Crippen LogP contribution in [-0.4, -0.2) is 43.1 Å². The van der Waals surface area contributed by atoms with Crippen molar-refractivity contribution in [3.63, 3.8) is 0 Å². The van der Waals surface area contributed by atoms with Crippen molar-refractivity contribution in [2.24, 2.45) is 5.73 Å². The lowest BCUT2D eigenvalue weighted by Crippen LogP contribution is -2.39. The van der Waals surface area contributed by atoms with Crippen LogP contribution < -0.4 is 5.73 Å². The molecule has 1 aliphatic heterocycles. The van der Waals surface area contributed by atoms with Gasteiger partial charge in [-0.1, -0.05) is 24.3 Å². The molecule has 1 aromatic carbocycles. The standard InChI is InChI=1S/C15H24N2OS/c1-17(13-7-8-19-11-13)15(9-16)14-6-4-3-5-12(14)10-18-2/h3-6,13,15H,7-11,16H2,1-2H3. The smallest absolute Gasteiger partial charge is 0.0716 e. The van der Waals surface area contributed by atoms with Gasteiger partial charge in [0.1, 0.15) is 0 Å². The van der Waals surface area contributed by atoms with E-state index in [1.54, 1.807) is 7.11 Å². The molecule has 0 amide bonds. The number of hydrogen-bond donors (Lipinski definition) is 1. The molecule has 3 nitrogen and oxygen atoms in total. The summed E-state index contributed by atoms with van der Waals surface area (Å²) in [6, 6.07) is 9.42. The van der Waals surface area contributed by atoms with E-state index in [1.165, 1.54) is 29.1 Å². The molecule has 1 fully saturated rings. The number of nitrogens with zero attached hydrogens (tertiary/aromatic N) is 1. The van der Waals surface area contributed by atoms with Crippen LogP contribution in [0.25, 0.3) is 0 Å². The van der Waals surface area contributed by atoms with Crippen molar-refractivity contribution in [1.29, 1.82) is 0 Å². The van der Waals surface area contributed by atoms with E-state index in [2.05, 4.69) is 36.2 Å². The molecule has 0 bridgehead atoms. The van der Waals surface area contributed by atoms with Crippen molar-refractivity contribution in [2.75, 3.05) is 32.2 Å².